The number of benzene rings is 2. The molecule has 0 saturated carbocycles. The van der Waals surface area contributed by atoms with E-state index < -0.39 is 0 Å². The van der Waals surface area contributed by atoms with Crippen molar-refractivity contribution in [2.75, 3.05) is 6.54 Å². The number of nitrogens with two attached hydrogens (primary N) is 1. The van der Waals surface area contributed by atoms with Crippen molar-refractivity contribution < 1.29 is 14.5 Å². The third kappa shape index (κ3) is 4.83. The van der Waals surface area contributed by atoms with Gasteiger partial charge in [0.05, 0.1) is 0 Å². The third-order valence-electron chi connectivity index (χ3n) is 3.46. The molecule has 3 N–H and O–H groups in total. The molecule has 1 atom stereocenters. The fourth-order valence-corrected chi connectivity index (χ4v) is 2.44. The van der Waals surface area contributed by atoms with E-state index in [0.717, 1.165) is 11.1 Å². The Bertz CT molecular complexity index is 631. The highest BCUT2D eigenvalue weighted by Gasteiger charge is 2.13. The molecule has 0 bridgehead atoms. The molecule has 2 aromatic carbocycles. The topological polar surface area (TPSA) is 45.7 Å². The van der Waals surface area contributed by atoms with Crippen molar-refractivity contribution in [2.24, 2.45) is 0 Å². The average Bonchev–Trinajstić information content (AvgIpc) is 2.52. The van der Waals surface area contributed by atoms with Crippen LogP contribution in [0.1, 0.15) is 24.1 Å². The number of nitrogens with one attached hydrogen (secondary N) is 1. The normalized spacial score (nSPS) is 12.0. The van der Waals surface area contributed by atoms with E-state index in [9.17, 15) is 9.18 Å². The second-order valence-corrected chi connectivity index (χ2v) is 5.56. The van der Waals surface area contributed by atoms with Gasteiger partial charge in [-0.1, -0.05) is 41.9 Å². The predicted octanol–water partition coefficient (Wildman–Crippen LogP) is 2.42. The minimum absolute atomic E-state index is 0.0665. The Labute approximate surface area is 134 Å². The smallest absolute Gasteiger partial charge is 0.275 e. The second kappa shape index (κ2) is 7.92. The van der Waals surface area contributed by atoms with Crippen molar-refractivity contribution >= 4 is 17.5 Å². The van der Waals surface area contributed by atoms with E-state index in [2.05, 4.69) is 5.32 Å². The number of hydrogen-bond acceptors (Lipinski definition) is 1. The van der Waals surface area contributed by atoms with E-state index in [1.165, 1.54) is 12.1 Å². The van der Waals surface area contributed by atoms with Gasteiger partial charge in [0.25, 0.3) is 5.91 Å². The van der Waals surface area contributed by atoms with Gasteiger partial charge in [-0.25, -0.2) is 4.39 Å². The van der Waals surface area contributed by atoms with E-state index in [1.807, 2.05) is 36.5 Å². The Morgan fingerprint density at radius 3 is 2.59 bits per heavy atom. The molecule has 0 unspecified atom stereocenters. The Morgan fingerprint density at radius 1 is 1.23 bits per heavy atom. The van der Waals surface area contributed by atoms with Crippen LogP contribution in [0.15, 0.2) is 48.5 Å². The number of quaternary nitrogens is 1. The van der Waals surface area contributed by atoms with Gasteiger partial charge in [0, 0.05) is 17.1 Å². The van der Waals surface area contributed by atoms with Crippen LogP contribution in [0.2, 0.25) is 5.02 Å². The van der Waals surface area contributed by atoms with Crippen LogP contribution in [0.4, 0.5) is 4.39 Å². The van der Waals surface area contributed by atoms with Crippen LogP contribution in [-0.4, -0.2) is 12.5 Å². The summed E-state index contributed by atoms with van der Waals surface area (Å²) in [6.07, 6.45) is 0. The lowest BCUT2D eigenvalue weighted by Crippen LogP contribution is -2.87. The van der Waals surface area contributed by atoms with Gasteiger partial charge in [-0.15, -0.1) is 0 Å². The van der Waals surface area contributed by atoms with Gasteiger partial charge in [0.15, 0.2) is 6.54 Å². The highest BCUT2D eigenvalue weighted by molar-refractivity contribution is 6.31. The van der Waals surface area contributed by atoms with Gasteiger partial charge in [-0.3, -0.25) is 4.79 Å². The van der Waals surface area contributed by atoms with Gasteiger partial charge in [-0.2, -0.15) is 0 Å². The van der Waals surface area contributed by atoms with Crippen LogP contribution in [0, 0.1) is 5.82 Å². The Morgan fingerprint density at radius 2 is 1.91 bits per heavy atom. The first-order valence-electron chi connectivity index (χ1n) is 7.15. The van der Waals surface area contributed by atoms with Crippen LogP contribution < -0.4 is 10.6 Å². The molecule has 22 heavy (non-hydrogen) atoms. The third-order valence-corrected chi connectivity index (χ3v) is 3.80. The minimum atomic E-state index is -0.281. The SMILES string of the molecule is C[C@@H]([NH2+]CC(=O)NCc1ccc(F)cc1)c1ccccc1Cl. The minimum Gasteiger partial charge on any atom is -0.347 e. The highest BCUT2D eigenvalue weighted by atomic mass is 35.5. The van der Waals surface area contributed by atoms with Gasteiger partial charge in [0.2, 0.25) is 0 Å². The fraction of sp³-hybridized carbons (Fsp3) is 0.235. The molecule has 1 amide bonds. The second-order valence-electron chi connectivity index (χ2n) is 5.15. The molecule has 5 heteroatoms. The molecule has 0 aromatic heterocycles. The first-order chi connectivity index (χ1) is 10.6. The lowest BCUT2D eigenvalue weighted by molar-refractivity contribution is -0.682. The summed E-state index contributed by atoms with van der Waals surface area (Å²) in [5.74, 6) is -0.347. The number of halogens is 2. The van der Waals surface area contributed by atoms with Gasteiger partial charge in [0.1, 0.15) is 11.9 Å². The molecule has 0 spiro atoms. The van der Waals surface area contributed by atoms with Crippen molar-refractivity contribution in [3.8, 4) is 0 Å². The van der Waals surface area contributed by atoms with Crippen molar-refractivity contribution in [3.05, 3.63) is 70.5 Å². The molecule has 0 radical (unpaired) electrons. The molecule has 0 saturated heterocycles. The van der Waals surface area contributed by atoms with Crippen molar-refractivity contribution in [2.45, 2.75) is 19.5 Å². The number of carbonyl (C=O) groups is 1. The van der Waals surface area contributed by atoms with Gasteiger partial charge < -0.3 is 10.6 Å². The standard InChI is InChI=1S/C17H18ClFN2O/c1-12(15-4-2-3-5-16(15)18)20-11-17(22)21-10-13-6-8-14(19)9-7-13/h2-9,12,20H,10-11H2,1H3,(H,21,22)/p+1/t12-/m1/s1. The summed E-state index contributed by atoms with van der Waals surface area (Å²) in [7, 11) is 0. The number of rotatable bonds is 6. The zero-order valence-electron chi connectivity index (χ0n) is 12.4. The van der Waals surface area contributed by atoms with Crippen LogP contribution >= 0.6 is 11.6 Å². The van der Waals surface area contributed by atoms with Crippen LogP contribution in [0.3, 0.4) is 0 Å². The van der Waals surface area contributed by atoms with Crippen molar-refractivity contribution in [3.63, 3.8) is 0 Å². The molecule has 0 heterocycles. The molecular weight excluding hydrogens is 303 g/mol. The molecule has 116 valence electrons. The first-order valence-corrected chi connectivity index (χ1v) is 7.53. The predicted molar refractivity (Wildman–Crippen MR) is 84.9 cm³/mol. The zero-order valence-corrected chi connectivity index (χ0v) is 13.1. The summed E-state index contributed by atoms with van der Waals surface area (Å²) < 4.78 is 12.8. The fourth-order valence-electron chi connectivity index (χ4n) is 2.13. The summed E-state index contributed by atoms with van der Waals surface area (Å²) in [6, 6.07) is 13.8. The maximum atomic E-state index is 12.8. The van der Waals surface area contributed by atoms with E-state index in [-0.39, 0.29) is 17.8 Å². The maximum absolute atomic E-state index is 12.8. The molecule has 0 aliphatic carbocycles. The molecule has 3 nitrogen and oxygen atoms in total. The Kier molecular flexibility index (Phi) is 5.92. The molecule has 2 aromatic rings. The molecule has 0 aliphatic heterocycles. The molecular formula is C17H19ClFN2O+. The lowest BCUT2D eigenvalue weighted by Gasteiger charge is -2.12. The van der Waals surface area contributed by atoms with E-state index >= 15 is 0 Å². The molecule has 0 aliphatic rings. The summed E-state index contributed by atoms with van der Waals surface area (Å²) in [5.41, 5.74) is 1.88. The number of hydrogen-bond donors (Lipinski definition) is 2. The number of amides is 1. The van der Waals surface area contributed by atoms with Crippen LogP contribution in [-0.2, 0) is 11.3 Å². The Hall–Kier alpha value is -1.91. The first kappa shape index (κ1) is 16.5. The highest BCUT2D eigenvalue weighted by Crippen LogP contribution is 2.19. The van der Waals surface area contributed by atoms with Gasteiger partial charge >= 0.3 is 0 Å². The number of carbonyl (C=O) groups excluding carboxylic acids is 1. The van der Waals surface area contributed by atoms with E-state index in [0.29, 0.717) is 18.1 Å². The monoisotopic (exact) mass is 321 g/mol. The van der Waals surface area contributed by atoms with E-state index in [4.69, 9.17) is 11.6 Å². The van der Waals surface area contributed by atoms with Gasteiger partial charge in [-0.05, 0) is 30.7 Å². The maximum Gasteiger partial charge on any atom is 0.275 e. The summed E-state index contributed by atoms with van der Waals surface area (Å²) in [5, 5.41) is 5.45. The van der Waals surface area contributed by atoms with Crippen molar-refractivity contribution in [1.29, 1.82) is 0 Å². The molecule has 0 fully saturated rings. The largest absolute Gasteiger partial charge is 0.347 e. The zero-order chi connectivity index (χ0) is 15.9. The van der Waals surface area contributed by atoms with E-state index in [1.54, 1.807) is 12.1 Å². The Balaban J connectivity index is 1.78. The lowest BCUT2D eigenvalue weighted by atomic mass is 10.1. The van der Waals surface area contributed by atoms with Crippen LogP contribution in [0.5, 0.6) is 0 Å². The summed E-state index contributed by atoms with van der Waals surface area (Å²) in [4.78, 5) is 11.9. The average molecular weight is 322 g/mol. The summed E-state index contributed by atoms with van der Waals surface area (Å²) in [6.45, 7) is 2.72. The van der Waals surface area contributed by atoms with Crippen LogP contribution in [0.25, 0.3) is 0 Å². The quantitative estimate of drug-likeness (QED) is 0.843. The summed E-state index contributed by atoms with van der Waals surface area (Å²) >= 11 is 6.14. The molecule has 2 rings (SSSR count). The van der Waals surface area contributed by atoms with Crippen molar-refractivity contribution in [1.82, 2.24) is 5.32 Å².